The van der Waals surface area contributed by atoms with Gasteiger partial charge in [-0.1, -0.05) is 39.0 Å². The Morgan fingerprint density at radius 2 is 1.71 bits per heavy atom. The first-order valence-electron chi connectivity index (χ1n) is 7.42. The number of aryl methyl sites for hydroxylation is 2. The van der Waals surface area contributed by atoms with Crippen molar-refractivity contribution in [3.8, 4) is 0 Å². The van der Waals surface area contributed by atoms with Gasteiger partial charge in [-0.15, -0.1) is 11.3 Å². The monoisotopic (exact) mass is 300 g/mol. The molecule has 0 aliphatic carbocycles. The lowest BCUT2D eigenvalue weighted by Gasteiger charge is -2.22. The van der Waals surface area contributed by atoms with Crippen LogP contribution in [0.25, 0.3) is 0 Å². The minimum atomic E-state index is 0.148. The summed E-state index contributed by atoms with van der Waals surface area (Å²) in [5.41, 5.74) is 5.16. The molecule has 0 fully saturated rings. The van der Waals surface area contributed by atoms with E-state index in [9.17, 15) is 4.79 Å². The van der Waals surface area contributed by atoms with Crippen LogP contribution in [-0.2, 0) is 23.1 Å². The van der Waals surface area contributed by atoms with Crippen molar-refractivity contribution in [3.05, 3.63) is 56.8 Å². The Bertz CT molecular complexity index is 607. The largest absolute Gasteiger partial charge is 0.299 e. The minimum absolute atomic E-state index is 0.148. The topological polar surface area (TPSA) is 17.1 Å². The predicted molar refractivity (Wildman–Crippen MR) is 91.4 cm³/mol. The maximum absolute atomic E-state index is 12.3. The number of ketones is 1. The van der Waals surface area contributed by atoms with Gasteiger partial charge in [0, 0.05) is 17.7 Å². The van der Waals surface area contributed by atoms with Crippen molar-refractivity contribution in [2.75, 3.05) is 0 Å². The van der Waals surface area contributed by atoms with Gasteiger partial charge in [0.05, 0.1) is 0 Å². The van der Waals surface area contributed by atoms with Crippen molar-refractivity contribution >= 4 is 17.1 Å². The predicted octanol–water partition coefficient (Wildman–Crippen LogP) is 5.02. The maximum atomic E-state index is 12.3. The van der Waals surface area contributed by atoms with Crippen LogP contribution in [0.15, 0.2) is 29.6 Å². The fraction of sp³-hybridized carbons (Fsp3) is 0.421. The first-order chi connectivity index (χ1) is 9.77. The number of hydrogen-bond donors (Lipinski definition) is 0. The standard InChI is InChI=1S/C19H24OS/c1-13-9-15(19(3,4)5)10-14(2)18(13)12-16(20)11-17-7-6-8-21-17/h6-10H,11-12H2,1-5H3. The fourth-order valence-corrected chi connectivity index (χ4v) is 3.31. The van der Waals surface area contributed by atoms with Crippen LogP contribution in [0.5, 0.6) is 0 Å². The smallest absolute Gasteiger partial charge is 0.142 e. The number of Topliss-reactive ketones (excluding diaryl/α,β-unsaturated/α-hetero) is 1. The number of benzene rings is 1. The summed E-state index contributed by atoms with van der Waals surface area (Å²) in [7, 11) is 0. The van der Waals surface area contributed by atoms with Crippen LogP contribution in [-0.4, -0.2) is 5.78 Å². The SMILES string of the molecule is Cc1cc(C(C)(C)C)cc(C)c1CC(=O)Cc1cccs1. The molecule has 21 heavy (non-hydrogen) atoms. The van der Waals surface area contributed by atoms with Crippen molar-refractivity contribution in [1.82, 2.24) is 0 Å². The summed E-state index contributed by atoms with van der Waals surface area (Å²) in [4.78, 5) is 13.4. The average molecular weight is 300 g/mol. The van der Waals surface area contributed by atoms with Crippen LogP contribution in [0.3, 0.4) is 0 Å². The van der Waals surface area contributed by atoms with E-state index in [-0.39, 0.29) is 5.41 Å². The van der Waals surface area contributed by atoms with E-state index in [4.69, 9.17) is 0 Å². The second-order valence-electron chi connectivity index (χ2n) is 6.81. The highest BCUT2D eigenvalue weighted by molar-refractivity contribution is 7.10. The number of carbonyl (C=O) groups excluding carboxylic acids is 1. The molecule has 0 aliphatic heterocycles. The van der Waals surface area contributed by atoms with Crippen LogP contribution < -0.4 is 0 Å². The van der Waals surface area contributed by atoms with Crippen LogP contribution >= 0.6 is 11.3 Å². The highest BCUT2D eigenvalue weighted by Crippen LogP contribution is 2.27. The van der Waals surface area contributed by atoms with Gasteiger partial charge >= 0.3 is 0 Å². The third-order valence-corrected chi connectivity index (χ3v) is 4.76. The van der Waals surface area contributed by atoms with Crippen LogP contribution in [0.1, 0.15) is 47.9 Å². The maximum Gasteiger partial charge on any atom is 0.142 e. The van der Waals surface area contributed by atoms with Crippen LogP contribution in [0.4, 0.5) is 0 Å². The molecule has 0 bridgehead atoms. The molecule has 0 radical (unpaired) electrons. The Kier molecular flexibility index (Phi) is 4.67. The molecule has 0 saturated carbocycles. The molecule has 2 heteroatoms. The number of rotatable bonds is 4. The first-order valence-corrected chi connectivity index (χ1v) is 8.30. The fourth-order valence-electron chi connectivity index (χ4n) is 2.57. The van der Waals surface area contributed by atoms with E-state index in [1.165, 1.54) is 22.3 Å². The summed E-state index contributed by atoms with van der Waals surface area (Å²) in [6, 6.07) is 8.51. The van der Waals surface area contributed by atoms with E-state index in [0.29, 0.717) is 18.6 Å². The third-order valence-electron chi connectivity index (χ3n) is 3.89. The molecule has 1 nitrogen and oxygen atoms in total. The number of thiophene rings is 1. The van der Waals surface area contributed by atoms with Gasteiger partial charge in [0.25, 0.3) is 0 Å². The third kappa shape index (κ3) is 4.04. The van der Waals surface area contributed by atoms with Crippen molar-refractivity contribution < 1.29 is 4.79 Å². The van der Waals surface area contributed by atoms with E-state index < -0.39 is 0 Å². The average Bonchev–Trinajstić information content (AvgIpc) is 2.85. The minimum Gasteiger partial charge on any atom is -0.299 e. The highest BCUT2D eigenvalue weighted by Gasteiger charge is 2.17. The van der Waals surface area contributed by atoms with E-state index >= 15 is 0 Å². The van der Waals surface area contributed by atoms with E-state index in [1.807, 2.05) is 17.5 Å². The van der Waals surface area contributed by atoms with Gasteiger partial charge in [0.2, 0.25) is 0 Å². The molecule has 0 aliphatic rings. The van der Waals surface area contributed by atoms with Gasteiger partial charge < -0.3 is 0 Å². The lowest BCUT2D eigenvalue weighted by molar-refractivity contribution is -0.117. The molecule has 1 heterocycles. The Hall–Kier alpha value is -1.41. The zero-order chi connectivity index (χ0) is 15.6. The molecule has 0 spiro atoms. The summed E-state index contributed by atoms with van der Waals surface area (Å²) in [6.45, 7) is 10.9. The second-order valence-corrected chi connectivity index (χ2v) is 7.84. The zero-order valence-electron chi connectivity index (χ0n) is 13.6. The molecule has 0 unspecified atom stereocenters. The van der Waals surface area contributed by atoms with Crippen molar-refractivity contribution in [2.24, 2.45) is 0 Å². The normalized spacial score (nSPS) is 11.7. The zero-order valence-corrected chi connectivity index (χ0v) is 14.4. The van der Waals surface area contributed by atoms with Gasteiger partial charge in [-0.05, 0) is 53.0 Å². The lowest BCUT2D eigenvalue weighted by atomic mass is 9.83. The summed E-state index contributed by atoms with van der Waals surface area (Å²) in [5.74, 6) is 0.298. The molecule has 112 valence electrons. The summed E-state index contributed by atoms with van der Waals surface area (Å²) < 4.78 is 0. The Labute approximate surface area is 132 Å². The Balaban J connectivity index is 2.19. The Morgan fingerprint density at radius 3 is 2.19 bits per heavy atom. The molecule has 0 amide bonds. The number of carbonyl (C=O) groups is 1. The molecule has 1 aromatic carbocycles. The Morgan fingerprint density at radius 1 is 1.10 bits per heavy atom. The molecule has 0 N–H and O–H groups in total. The molecule has 0 saturated heterocycles. The molecule has 1 aromatic heterocycles. The molecular weight excluding hydrogens is 276 g/mol. The number of hydrogen-bond acceptors (Lipinski definition) is 2. The van der Waals surface area contributed by atoms with E-state index in [2.05, 4.69) is 46.8 Å². The van der Waals surface area contributed by atoms with Gasteiger partial charge in [-0.2, -0.15) is 0 Å². The highest BCUT2D eigenvalue weighted by atomic mass is 32.1. The molecule has 2 aromatic rings. The van der Waals surface area contributed by atoms with E-state index in [0.717, 1.165) is 4.88 Å². The van der Waals surface area contributed by atoms with Crippen molar-refractivity contribution in [1.29, 1.82) is 0 Å². The summed E-state index contributed by atoms with van der Waals surface area (Å²) in [6.07, 6.45) is 1.09. The molecule has 2 rings (SSSR count). The van der Waals surface area contributed by atoms with Gasteiger partial charge in [0.1, 0.15) is 5.78 Å². The van der Waals surface area contributed by atoms with Gasteiger partial charge in [-0.25, -0.2) is 0 Å². The summed E-state index contributed by atoms with van der Waals surface area (Å²) >= 11 is 1.66. The van der Waals surface area contributed by atoms with Crippen LogP contribution in [0.2, 0.25) is 0 Å². The first kappa shape index (κ1) is 16.0. The second kappa shape index (κ2) is 6.15. The quantitative estimate of drug-likeness (QED) is 0.775. The van der Waals surface area contributed by atoms with E-state index in [1.54, 1.807) is 11.3 Å². The van der Waals surface area contributed by atoms with Crippen molar-refractivity contribution in [2.45, 2.75) is 52.9 Å². The molecule has 0 atom stereocenters. The van der Waals surface area contributed by atoms with Gasteiger partial charge in [0.15, 0.2) is 0 Å². The van der Waals surface area contributed by atoms with Crippen molar-refractivity contribution in [3.63, 3.8) is 0 Å². The lowest BCUT2D eigenvalue weighted by Crippen LogP contribution is -2.14. The van der Waals surface area contributed by atoms with Crippen LogP contribution in [0, 0.1) is 13.8 Å². The van der Waals surface area contributed by atoms with Gasteiger partial charge in [-0.3, -0.25) is 4.79 Å². The summed E-state index contributed by atoms with van der Waals surface area (Å²) in [5, 5.41) is 2.03. The molecular formula is C19H24OS.